The van der Waals surface area contributed by atoms with Crippen LogP contribution in [0.2, 0.25) is 0 Å². The number of hydrogen-bond donors (Lipinski definition) is 0. The van der Waals surface area contributed by atoms with Gasteiger partial charge in [0, 0.05) is 22.8 Å². The highest BCUT2D eigenvalue weighted by Crippen LogP contribution is 2.47. The summed E-state index contributed by atoms with van der Waals surface area (Å²) in [6.45, 7) is 0.674. The highest BCUT2D eigenvalue weighted by molar-refractivity contribution is 7.99. The first-order valence-electron chi connectivity index (χ1n) is 9.77. The summed E-state index contributed by atoms with van der Waals surface area (Å²) in [5, 5.41) is 11.8. The van der Waals surface area contributed by atoms with Gasteiger partial charge in [-0.05, 0) is 40.3 Å². The fourth-order valence-electron chi connectivity index (χ4n) is 3.63. The van der Waals surface area contributed by atoms with Crippen LogP contribution in [0.1, 0.15) is 16.2 Å². The van der Waals surface area contributed by atoms with Crippen molar-refractivity contribution in [2.24, 2.45) is 0 Å². The van der Waals surface area contributed by atoms with Crippen molar-refractivity contribution in [3.8, 4) is 0 Å². The Labute approximate surface area is 178 Å². The first kappa shape index (κ1) is 18.6. The van der Waals surface area contributed by atoms with Crippen LogP contribution in [-0.4, -0.2) is 32.7 Å². The molecule has 5 rings (SSSR count). The van der Waals surface area contributed by atoms with Crippen molar-refractivity contribution in [3.05, 3.63) is 90.3 Å². The highest BCUT2D eigenvalue weighted by atomic mass is 32.2. The molecular weight excluding hydrogens is 394 g/mol. The van der Waals surface area contributed by atoms with E-state index in [4.69, 9.17) is 0 Å². The van der Waals surface area contributed by atoms with Crippen molar-refractivity contribution < 1.29 is 4.79 Å². The van der Waals surface area contributed by atoms with Crippen molar-refractivity contribution in [1.82, 2.24) is 20.2 Å². The molecule has 0 N–H and O–H groups in total. The quantitative estimate of drug-likeness (QED) is 0.452. The number of anilines is 2. The summed E-state index contributed by atoms with van der Waals surface area (Å²) in [6.07, 6.45) is 0.825. The summed E-state index contributed by atoms with van der Waals surface area (Å²) in [7, 11) is 0. The maximum absolute atomic E-state index is 12.7. The predicted molar refractivity (Wildman–Crippen MR) is 116 cm³/mol. The SMILES string of the molecule is O=C(Cc1ccccc1)n1nnnc1CCN1c2ccccc2Sc2ccccc21. The van der Waals surface area contributed by atoms with Gasteiger partial charge in [-0.1, -0.05) is 66.4 Å². The standard InChI is InChI=1S/C23H19N5OS/c29-23(16-17-8-2-1-3-9-17)28-22(24-25-26-28)14-15-27-18-10-4-6-12-20(18)30-21-13-7-5-11-19(21)27/h1-13H,14-16H2. The largest absolute Gasteiger partial charge is 0.339 e. The molecule has 0 bridgehead atoms. The third-order valence-electron chi connectivity index (χ3n) is 5.06. The van der Waals surface area contributed by atoms with Gasteiger partial charge in [-0.25, -0.2) is 0 Å². The molecule has 1 aliphatic heterocycles. The van der Waals surface area contributed by atoms with Gasteiger partial charge in [-0.15, -0.1) is 5.10 Å². The third-order valence-corrected chi connectivity index (χ3v) is 6.19. The van der Waals surface area contributed by atoms with E-state index in [0.717, 1.165) is 16.9 Å². The van der Waals surface area contributed by atoms with Gasteiger partial charge < -0.3 is 4.90 Å². The van der Waals surface area contributed by atoms with E-state index in [1.165, 1.54) is 14.5 Å². The number of rotatable bonds is 5. The number of aromatic nitrogens is 4. The van der Waals surface area contributed by atoms with E-state index in [0.29, 0.717) is 18.8 Å². The van der Waals surface area contributed by atoms with Gasteiger partial charge in [0.15, 0.2) is 5.82 Å². The zero-order valence-corrected chi connectivity index (χ0v) is 17.0. The Balaban J connectivity index is 1.38. The van der Waals surface area contributed by atoms with Crippen molar-refractivity contribution in [3.63, 3.8) is 0 Å². The molecule has 0 saturated carbocycles. The smallest absolute Gasteiger partial charge is 0.254 e. The number of tetrazole rings is 1. The molecule has 0 unspecified atom stereocenters. The van der Waals surface area contributed by atoms with Crippen LogP contribution >= 0.6 is 11.8 Å². The minimum absolute atomic E-state index is 0.129. The second-order valence-electron chi connectivity index (χ2n) is 7.00. The van der Waals surface area contributed by atoms with E-state index in [1.807, 2.05) is 42.5 Å². The van der Waals surface area contributed by atoms with Crippen LogP contribution in [-0.2, 0) is 12.8 Å². The Kier molecular flexibility index (Phi) is 5.03. The van der Waals surface area contributed by atoms with Crippen molar-refractivity contribution in [2.45, 2.75) is 22.6 Å². The van der Waals surface area contributed by atoms with Crippen LogP contribution in [0.15, 0.2) is 88.7 Å². The molecule has 0 fully saturated rings. The first-order chi connectivity index (χ1) is 14.8. The number of carbonyl (C=O) groups is 1. The average Bonchev–Trinajstić information content (AvgIpc) is 3.26. The molecule has 148 valence electrons. The molecule has 0 atom stereocenters. The Morgan fingerprint density at radius 2 is 1.47 bits per heavy atom. The Morgan fingerprint density at radius 3 is 2.17 bits per heavy atom. The van der Waals surface area contributed by atoms with Gasteiger partial charge in [-0.2, -0.15) is 4.68 Å². The molecule has 0 amide bonds. The predicted octanol–water partition coefficient (Wildman–Crippen LogP) is 4.40. The van der Waals surface area contributed by atoms with Gasteiger partial charge in [0.25, 0.3) is 5.91 Å². The molecule has 6 nitrogen and oxygen atoms in total. The number of fused-ring (bicyclic) bond motifs is 2. The molecule has 1 aliphatic rings. The molecule has 7 heteroatoms. The second kappa shape index (κ2) is 8.12. The van der Waals surface area contributed by atoms with E-state index in [-0.39, 0.29) is 12.3 Å². The van der Waals surface area contributed by atoms with Crippen LogP contribution in [0, 0.1) is 0 Å². The zero-order chi connectivity index (χ0) is 20.3. The maximum Gasteiger partial charge on any atom is 0.254 e. The number of benzene rings is 3. The van der Waals surface area contributed by atoms with E-state index in [9.17, 15) is 4.79 Å². The van der Waals surface area contributed by atoms with Gasteiger partial charge in [0.05, 0.1) is 17.8 Å². The monoisotopic (exact) mass is 413 g/mol. The molecule has 0 aliphatic carbocycles. The Bertz CT molecular complexity index is 1150. The molecule has 2 heterocycles. The second-order valence-corrected chi connectivity index (χ2v) is 8.09. The summed E-state index contributed by atoms with van der Waals surface area (Å²) in [5.41, 5.74) is 3.27. The third kappa shape index (κ3) is 3.59. The van der Waals surface area contributed by atoms with E-state index < -0.39 is 0 Å². The number of hydrogen-bond acceptors (Lipinski definition) is 6. The van der Waals surface area contributed by atoms with E-state index >= 15 is 0 Å². The highest BCUT2D eigenvalue weighted by Gasteiger charge is 2.24. The molecule has 4 aromatic rings. The van der Waals surface area contributed by atoms with Crippen LogP contribution < -0.4 is 4.90 Å². The molecule has 0 spiro atoms. The summed E-state index contributed by atoms with van der Waals surface area (Å²) >= 11 is 1.78. The molecular formula is C23H19N5OS. The van der Waals surface area contributed by atoms with Crippen LogP contribution in [0.5, 0.6) is 0 Å². The number of para-hydroxylation sites is 2. The van der Waals surface area contributed by atoms with Crippen LogP contribution in [0.3, 0.4) is 0 Å². The first-order valence-corrected chi connectivity index (χ1v) is 10.6. The number of nitrogens with zero attached hydrogens (tertiary/aromatic N) is 5. The Hall–Kier alpha value is -3.45. The molecule has 1 aromatic heterocycles. The van der Waals surface area contributed by atoms with E-state index in [2.05, 4.69) is 56.8 Å². The molecule has 0 radical (unpaired) electrons. The lowest BCUT2D eigenvalue weighted by Gasteiger charge is -2.32. The van der Waals surface area contributed by atoms with Gasteiger partial charge in [-0.3, -0.25) is 4.79 Å². The van der Waals surface area contributed by atoms with Gasteiger partial charge in [0.2, 0.25) is 0 Å². The van der Waals surface area contributed by atoms with Crippen molar-refractivity contribution in [2.75, 3.05) is 11.4 Å². The fourth-order valence-corrected chi connectivity index (χ4v) is 4.73. The lowest BCUT2D eigenvalue weighted by Crippen LogP contribution is -2.26. The van der Waals surface area contributed by atoms with Crippen molar-refractivity contribution >= 4 is 29.0 Å². The zero-order valence-electron chi connectivity index (χ0n) is 16.2. The molecule has 0 saturated heterocycles. The molecule has 30 heavy (non-hydrogen) atoms. The Morgan fingerprint density at radius 1 is 0.833 bits per heavy atom. The minimum atomic E-state index is -0.129. The van der Waals surface area contributed by atoms with Crippen molar-refractivity contribution in [1.29, 1.82) is 0 Å². The lowest BCUT2D eigenvalue weighted by molar-refractivity contribution is 0.0892. The summed E-state index contributed by atoms with van der Waals surface area (Å²) in [6, 6.07) is 26.4. The lowest BCUT2D eigenvalue weighted by atomic mass is 10.1. The van der Waals surface area contributed by atoms with Crippen LogP contribution in [0.4, 0.5) is 11.4 Å². The average molecular weight is 414 g/mol. The summed E-state index contributed by atoms with van der Waals surface area (Å²) < 4.78 is 1.34. The number of carbonyl (C=O) groups excluding carboxylic acids is 1. The minimum Gasteiger partial charge on any atom is -0.339 e. The van der Waals surface area contributed by atoms with Gasteiger partial charge >= 0.3 is 0 Å². The maximum atomic E-state index is 12.7. The normalized spacial score (nSPS) is 12.3. The van der Waals surface area contributed by atoms with Gasteiger partial charge in [0.1, 0.15) is 0 Å². The topological polar surface area (TPSA) is 63.9 Å². The van der Waals surface area contributed by atoms with Crippen LogP contribution in [0.25, 0.3) is 0 Å². The molecule has 3 aromatic carbocycles. The van der Waals surface area contributed by atoms with E-state index in [1.54, 1.807) is 11.8 Å². The summed E-state index contributed by atoms with van der Waals surface area (Å²) in [5.74, 6) is 0.445. The summed E-state index contributed by atoms with van der Waals surface area (Å²) in [4.78, 5) is 17.5. The fraction of sp³-hybridized carbons (Fsp3) is 0.130.